The summed E-state index contributed by atoms with van der Waals surface area (Å²) in [5, 5.41) is 2.85. The summed E-state index contributed by atoms with van der Waals surface area (Å²) in [7, 11) is 0. The summed E-state index contributed by atoms with van der Waals surface area (Å²) < 4.78 is 0.784. The highest BCUT2D eigenvalue weighted by Crippen LogP contribution is 2.10. The molecule has 0 atom stereocenters. The topological polar surface area (TPSA) is 42.0 Å². The summed E-state index contributed by atoms with van der Waals surface area (Å²) in [5.74, 6) is 0.353. The maximum absolute atomic E-state index is 11.9. The second-order valence-electron chi connectivity index (χ2n) is 4.02. The van der Waals surface area contributed by atoms with Crippen molar-refractivity contribution in [1.82, 2.24) is 10.3 Å². The number of pyridine rings is 1. The maximum Gasteiger partial charge on any atom is 0.253 e. The van der Waals surface area contributed by atoms with Gasteiger partial charge in [-0.15, -0.1) is 11.6 Å². The second kappa shape index (κ2) is 6.68. The Morgan fingerprint density at radius 3 is 2.53 bits per heavy atom. The minimum atomic E-state index is -0.143. The zero-order valence-electron chi connectivity index (χ0n) is 10.1. The Hall–Kier alpha value is -1.39. The fraction of sp³-hybridized carbons (Fsp3) is 0.143. The van der Waals surface area contributed by atoms with Crippen molar-refractivity contribution in [2.75, 3.05) is 0 Å². The fourth-order valence-electron chi connectivity index (χ4n) is 1.57. The molecule has 2 aromatic rings. The Balaban J connectivity index is 1.96. The number of nitrogens with zero attached hydrogens (tertiary/aromatic N) is 1. The van der Waals surface area contributed by atoms with Crippen LogP contribution in [-0.2, 0) is 12.4 Å². The number of carbonyl (C=O) groups is 1. The SMILES string of the molecule is O=C(NCc1ccc(CCl)cc1)c1cncc(Br)c1. The molecule has 19 heavy (non-hydrogen) atoms. The highest BCUT2D eigenvalue weighted by Gasteiger charge is 2.06. The summed E-state index contributed by atoms with van der Waals surface area (Å²) in [5.41, 5.74) is 2.63. The van der Waals surface area contributed by atoms with Crippen LogP contribution >= 0.6 is 27.5 Å². The molecule has 1 N–H and O–H groups in total. The summed E-state index contributed by atoms with van der Waals surface area (Å²) in [6, 6.07) is 9.55. The van der Waals surface area contributed by atoms with E-state index >= 15 is 0 Å². The molecule has 2 rings (SSSR count). The van der Waals surface area contributed by atoms with Crippen molar-refractivity contribution in [3.05, 3.63) is 63.9 Å². The lowest BCUT2D eigenvalue weighted by atomic mass is 10.1. The van der Waals surface area contributed by atoms with Crippen LogP contribution in [0.15, 0.2) is 47.2 Å². The van der Waals surface area contributed by atoms with Gasteiger partial charge in [-0.25, -0.2) is 0 Å². The third kappa shape index (κ3) is 4.04. The summed E-state index contributed by atoms with van der Waals surface area (Å²) in [4.78, 5) is 15.9. The number of alkyl halides is 1. The molecule has 5 heteroatoms. The van der Waals surface area contributed by atoms with Crippen LogP contribution in [0.25, 0.3) is 0 Å². The third-order valence-electron chi connectivity index (χ3n) is 2.60. The van der Waals surface area contributed by atoms with Crippen molar-refractivity contribution in [3.63, 3.8) is 0 Å². The van der Waals surface area contributed by atoms with Crippen LogP contribution in [0, 0.1) is 0 Å². The van der Waals surface area contributed by atoms with Gasteiger partial charge in [-0.1, -0.05) is 24.3 Å². The van der Waals surface area contributed by atoms with Crippen molar-refractivity contribution in [2.45, 2.75) is 12.4 Å². The van der Waals surface area contributed by atoms with Crippen LogP contribution in [0.2, 0.25) is 0 Å². The number of nitrogens with one attached hydrogen (secondary N) is 1. The number of amides is 1. The van der Waals surface area contributed by atoms with Crippen molar-refractivity contribution < 1.29 is 4.79 Å². The predicted octanol–water partition coefficient (Wildman–Crippen LogP) is 3.51. The molecular formula is C14H12BrClN2O. The molecule has 0 saturated heterocycles. The fourth-order valence-corrected chi connectivity index (χ4v) is 2.11. The van der Waals surface area contributed by atoms with Gasteiger partial charge in [0, 0.05) is 29.3 Å². The minimum Gasteiger partial charge on any atom is -0.348 e. The molecule has 1 amide bonds. The van der Waals surface area contributed by atoms with Crippen LogP contribution in [0.1, 0.15) is 21.5 Å². The van der Waals surface area contributed by atoms with Gasteiger partial charge in [0.15, 0.2) is 0 Å². The first kappa shape index (κ1) is 14.0. The lowest BCUT2D eigenvalue weighted by molar-refractivity contribution is 0.0950. The van der Waals surface area contributed by atoms with E-state index in [0.29, 0.717) is 18.0 Å². The number of rotatable bonds is 4. The lowest BCUT2D eigenvalue weighted by Crippen LogP contribution is -2.22. The molecule has 1 aromatic heterocycles. The molecule has 0 radical (unpaired) electrons. The first-order valence-corrected chi connectivity index (χ1v) is 7.04. The number of benzene rings is 1. The van der Waals surface area contributed by atoms with Gasteiger partial charge in [-0.05, 0) is 33.1 Å². The Bertz CT molecular complexity index is 572. The van der Waals surface area contributed by atoms with E-state index in [-0.39, 0.29) is 5.91 Å². The minimum absolute atomic E-state index is 0.143. The molecule has 0 spiro atoms. The average molecular weight is 340 g/mol. The van der Waals surface area contributed by atoms with E-state index in [9.17, 15) is 4.79 Å². The number of aromatic nitrogens is 1. The molecule has 0 unspecified atom stereocenters. The Labute approximate surface area is 125 Å². The van der Waals surface area contributed by atoms with E-state index in [0.717, 1.165) is 15.6 Å². The Morgan fingerprint density at radius 2 is 1.89 bits per heavy atom. The summed E-state index contributed by atoms with van der Waals surface area (Å²) in [6.45, 7) is 0.480. The van der Waals surface area contributed by atoms with Crippen LogP contribution in [-0.4, -0.2) is 10.9 Å². The van der Waals surface area contributed by atoms with E-state index in [1.807, 2.05) is 24.3 Å². The maximum atomic E-state index is 11.9. The normalized spacial score (nSPS) is 10.2. The molecular weight excluding hydrogens is 328 g/mol. The third-order valence-corrected chi connectivity index (χ3v) is 3.34. The van der Waals surface area contributed by atoms with E-state index in [1.54, 1.807) is 12.3 Å². The smallest absolute Gasteiger partial charge is 0.253 e. The summed E-state index contributed by atoms with van der Waals surface area (Å²) in [6.07, 6.45) is 3.18. The van der Waals surface area contributed by atoms with E-state index in [2.05, 4.69) is 26.2 Å². The van der Waals surface area contributed by atoms with Gasteiger partial charge in [0.2, 0.25) is 0 Å². The summed E-state index contributed by atoms with van der Waals surface area (Å²) >= 11 is 9.01. The molecule has 0 aliphatic heterocycles. The van der Waals surface area contributed by atoms with Gasteiger partial charge in [-0.2, -0.15) is 0 Å². The molecule has 1 aromatic carbocycles. The quantitative estimate of drug-likeness (QED) is 0.866. The highest BCUT2D eigenvalue weighted by atomic mass is 79.9. The van der Waals surface area contributed by atoms with Gasteiger partial charge >= 0.3 is 0 Å². The molecule has 0 fully saturated rings. The molecule has 0 aliphatic rings. The van der Waals surface area contributed by atoms with E-state index < -0.39 is 0 Å². The molecule has 0 aliphatic carbocycles. The van der Waals surface area contributed by atoms with Crippen molar-refractivity contribution in [1.29, 1.82) is 0 Å². The second-order valence-corrected chi connectivity index (χ2v) is 5.21. The molecule has 0 saturated carbocycles. The Morgan fingerprint density at radius 1 is 1.21 bits per heavy atom. The predicted molar refractivity (Wildman–Crippen MR) is 79.1 cm³/mol. The lowest BCUT2D eigenvalue weighted by Gasteiger charge is -2.06. The van der Waals surface area contributed by atoms with Gasteiger partial charge in [0.1, 0.15) is 0 Å². The van der Waals surface area contributed by atoms with Crippen LogP contribution in [0.3, 0.4) is 0 Å². The largest absolute Gasteiger partial charge is 0.348 e. The zero-order chi connectivity index (χ0) is 13.7. The van der Waals surface area contributed by atoms with Crippen LogP contribution in [0.5, 0.6) is 0 Å². The highest BCUT2D eigenvalue weighted by molar-refractivity contribution is 9.10. The number of hydrogen-bond donors (Lipinski definition) is 1. The van der Waals surface area contributed by atoms with Crippen molar-refractivity contribution in [3.8, 4) is 0 Å². The van der Waals surface area contributed by atoms with Crippen molar-refractivity contribution in [2.24, 2.45) is 0 Å². The Kier molecular flexibility index (Phi) is 4.93. The zero-order valence-corrected chi connectivity index (χ0v) is 12.4. The first-order chi connectivity index (χ1) is 9.19. The molecule has 0 bridgehead atoms. The number of halogens is 2. The van der Waals surface area contributed by atoms with Gasteiger partial charge < -0.3 is 5.32 Å². The molecule has 98 valence electrons. The standard InChI is InChI=1S/C14H12BrClN2O/c15-13-5-12(8-17-9-13)14(19)18-7-11-3-1-10(6-16)2-4-11/h1-5,8-9H,6-7H2,(H,18,19). The molecule has 3 nitrogen and oxygen atoms in total. The van der Waals surface area contributed by atoms with E-state index in [1.165, 1.54) is 6.20 Å². The van der Waals surface area contributed by atoms with Gasteiger partial charge in [0.05, 0.1) is 5.56 Å². The van der Waals surface area contributed by atoms with Gasteiger partial charge in [-0.3, -0.25) is 9.78 Å². The monoisotopic (exact) mass is 338 g/mol. The number of hydrogen-bond acceptors (Lipinski definition) is 2. The van der Waals surface area contributed by atoms with Gasteiger partial charge in [0.25, 0.3) is 5.91 Å². The van der Waals surface area contributed by atoms with Crippen molar-refractivity contribution >= 4 is 33.4 Å². The average Bonchev–Trinajstić information content (AvgIpc) is 2.45. The first-order valence-electron chi connectivity index (χ1n) is 5.71. The molecule has 1 heterocycles. The number of carbonyl (C=O) groups excluding carboxylic acids is 1. The van der Waals surface area contributed by atoms with Crippen LogP contribution in [0.4, 0.5) is 0 Å². The van der Waals surface area contributed by atoms with E-state index in [4.69, 9.17) is 11.6 Å². The van der Waals surface area contributed by atoms with Crippen LogP contribution < -0.4 is 5.32 Å².